The monoisotopic (exact) mass is 374 g/mol. The van der Waals surface area contributed by atoms with Crippen LogP contribution in [0.25, 0.3) is 0 Å². The van der Waals surface area contributed by atoms with Crippen LogP contribution >= 0.6 is 27.7 Å². The quantitative estimate of drug-likeness (QED) is 0.793. The maximum atomic E-state index is 6.03. The third-order valence-electron chi connectivity index (χ3n) is 3.98. The zero-order valence-electron chi connectivity index (χ0n) is 12.8. The molecule has 1 aliphatic heterocycles. The number of hydrogen-bond acceptors (Lipinski definition) is 5. The van der Waals surface area contributed by atoms with E-state index in [1.54, 1.807) is 0 Å². The lowest BCUT2D eigenvalue weighted by atomic mass is 10.0. The maximum absolute atomic E-state index is 6.03. The van der Waals surface area contributed by atoms with E-state index in [-0.39, 0.29) is 12.8 Å². The molecule has 1 aromatic rings. The SMILES string of the molecule is CSCCC(C)N(C)C(CN)c1cc(Br)c2c(c1)OCO2. The molecule has 2 unspecified atom stereocenters. The van der Waals surface area contributed by atoms with Crippen LogP contribution in [0.1, 0.15) is 24.9 Å². The average Bonchev–Trinajstić information content (AvgIpc) is 2.94. The van der Waals surface area contributed by atoms with Crippen molar-refractivity contribution >= 4 is 27.7 Å². The Balaban J connectivity index is 2.19. The minimum Gasteiger partial charge on any atom is -0.454 e. The Morgan fingerprint density at radius 1 is 1.43 bits per heavy atom. The molecule has 0 spiro atoms. The number of hydrogen-bond donors (Lipinski definition) is 1. The van der Waals surface area contributed by atoms with Gasteiger partial charge in [-0.15, -0.1) is 0 Å². The lowest BCUT2D eigenvalue weighted by Gasteiger charge is -2.33. The summed E-state index contributed by atoms with van der Waals surface area (Å²) >= 11 is 5.44. The van der Waals surface area contributed by atoms with Crippen LogP contribution in [0.4, 0.5) is 0 Å². The smallest absolute Gasteiger partial charge is 0.231 e. The summed E-state index contributed by atoms with van der Waals surface area (Å²) in [5.41, 5.74) is 7.19. The Morgan fingerprint density at radius 2 is 2.19 bits per heavy atom. The minimum atomic E-state index is 0.174. The molecule has 0 saturated heterocycles. The highest BCUT2D eigenvalue weighted by molar-refractivity contribution is 9.10. The summed E-state index contributed by atoms with van der Waals surface area (Å²) in [4.78, 5) is 2.35. The van der Waals surface area contributed by atoms with Crippen molar-refractivity contribution < 1.29 is 9.47 Å². The molecule has 1 heterocycles. The van der Waals surface area contributed by atoms with Crippen LogP contribution in [0.15, 0.2) is 16.6 Å². The summed E-state index contributed by atoms with van der Waals surface area (Å²) in [6.45, 7) is 3.11. The molecule has 1 aromatic carbocycles. The van der Waals surface area contributed by atoms with Crippen LogP contribution in [0, 0.1) is 0 Å². The van der Waals surface area contributed by atoms with Gasteiger partial charge in [0, 0.05) is 18.6 Å². The van der Waals surface area contributed by atoms with Crippen LogP contribution < -0.4 is 15.2 Å². The molecule has 0 aromatic heterocycles. The van der Waals surface area contributed by atoms with Gasteiger partial charge in [-0.25, -0.2) is 0 Å². The van der Waals surface area contributed by atoms with Crippen molar-refractivity contribution in [3.8, 4) is 11.5 Å². The van der Waals surface area contributed by atoms with E-state index < -0.39 is 0 Å². The summed E-state index contributed by atoms with van der Waals surface area (Å²) in [6, 6.07) is 4.79. The highest BCUT2D eigenvalue weighted by atomic mass is 79.9. The summed E-state index contributed by atoms with van der Waals surface area (Å²) < 4.78 is 11.9. The fourth-order valence-electron chi connectivity index (χ4n) is 2.52. The predicted molar refractivity (Wildman–Crippen MR) is 92.3 cm³/mol. The summed E-state index contributed by atoms with van der Waals surface area (Å²) in [7, 11) is 2.14. The zero-order chi connectivity index (χ0) is 15.4. The topological polar surface area (TPSA) is 47.7 Å². The summed E-state index contributed by atoms with van der Waals surface area (Å²) in [6.07, 6.45) is 3.29. The number of rotatable bonds is 7. The van der Waals surface area contributed by atoms with Crippen LogP contribution in [-0.2, 0) is 0 Å². The molecule has 0 fully saturated rings. The number of fused-ring (bicyclic) bond motifs is 1. The number of ether oxygens (including phenoxy) is 2. The first kappa shape index (κ1) is 16.9. The molecular formula is C15H23BrN2O2S. The number of nitrogens with two attached hydrogens (primary N) is 1. The second-order valence-corrected chi connectivity index (χ2v) is 7.12. The first-order valence-electron chi connectivity index (χ1n) is 7.08. The van der Waals surface area contributed by atoms with Crippen molar-refractivity contribution in [1.82, 2.24) is 4.90 Å². The van der Waals surface area contributed by atoms with E-state index in [0.717, 1.165) is 33.7 Å². The fourth-order valence-corrected chi connectivity index (χ4v) is 3.67. The minimum absolute atomic E-state index is 0.174. The van der Waals surface area contributed by atoms with Gasteiger partial charge >= 0.3 is 0 Å². The van der Waals surface area contributed by atoms with E-state index in [1.165, 1.54) is 0 Å². The number of nitrogens with zero attached hydrogens (tertiary/aromatic N) is 1. The largest absolute Gasteiger partial charge is 0.454 e. The Kier molecular flexibility index (Phi) is 6.22. The van der Waals surface area contributed by atoms with Gasteiger partial charge in [-0.2, -0.15) is 11.8 Å². The molecule has 0 radical (unpaired) electrons. The van der Waals surface area contributed by atoms with Crippen LogP contribution in [0.2, 0.25) is 0 Å². The highest BCUT2D eigenvalue weighted by Crippen LogP contribution is 2.42. The predicted octanol–water partition coefficient (Wildman–Crippen LogP) is 3.25. The lowest BCUT2D eigenvalue weighted by molar-refractivity contribution is 0.172. The highest BCUT2D eigenvalue weighted by Gasteiger charge is 2.25. The Morgan fingerprint density at radius 3 is 2.86 bits per heavy atom. The Labute approximate surface area is 139 Å². The van der Waals surface area contributed by atoms with Gasteiger partial charge in [0.05, 0.1) is 4.47 Å². The first-order valence-corrected chi connectivity index (χ1v) is 9.27. The molecule has 2 N–H and O–H groups in total. The fraction of sp³-hybridized carbons (Fsp3) is 0.600. The molecule has 0 amide bonds. The molecule has 0 bridgehead atoms. The van der Waals surface area contributed by atoms with Gasteiger partial charge in [-0.1, -0.05) is 0 Å². The van der Waals surface area contributed by atoms with Gasteiger partial charge in [0.25, 0.3) is 0 Å². The zero-order valence-corrected chi connectivity index (χ0v) is 15.2. The molecule has 0 saturated carbocycles. The van der Waals surface area contributed by atoms with E-state index in [9.17, 15) is 0 Å². The van der Waals surface area contributed by atoms with Gasteiger partial charge in [0.15, 0.2) is 11.5 Å². The van der Waals surface area contributed by atoms with Gasteiger partial charge < -0.3 is 15.2 Å². The second kappa shape index (κ2) is 7.72. The first-order chi connectivity index (χ1) is 10.1. The van der Waals surface area contributed by atoms with Crippen LogP contribution in [-0.4, -0.2) is 43.3 Å². The van der Waals surface area contributed by atoms with Crippen molar-refractivity contribution in [1.29, 1.82) is 0 Å². The van der Waals surface area contributed by atoms with Crippen molar-refractivity contribution in [3.05, 3.63) is 22.2 Å². The molecule has 1 aliphatic rings. The molecule has 118 valence electrons. The molecule has 4 nitrogen and oxygen atoms in total. The van der Waals surface area contributed by atoms with E-state index in [2.05, 4.69) is 47.1 Å². The van der Waals surface area contributed by atoms with E-state index in [1.807, 2.05) is 17.8 Å². The molecular weight excluding hydrogens is 352 g/mol. The number of benzene rings is 1. The van der Waals surface area contributed by atoms with Crippen molar-refractivity contribution in [2.75, 3.05) is 32.4 Å². The maximum Gasteiger partial charge on any atom is 0.231 e. The van der Waals surface area contributed by atoms with E-state index in [4.69, 9.17) is 15.2 Å². The molecule has 0 aliphatic carbocycles. The number of halogens is 1. The number of thioether (sulfide) groups is 1. The van der Waals surface area contributed by atoms with Gasteiger partial charge in [0.1, 0.15) is 0 Å². The number of likely N-dealkylation sites (N-methyl/N-ethyl adjacent to an activating group) is 1. The van der Waals surface area contributed by atoms with Crippen LogP contribution in [0.3, 0.4) is 0 Å². The van der Waals surface area contributed by atoms with Crippen molar-refractivity contribution in [2.45, 2.75) is 25.4 Å². The summed E-state index contributed by atoms with van der Waals surface area (Å²) in [5, 5.41) is 0. The van der Waals surface area contributed by atoms with Gasteiger partial charge in [-0.3, -0.25) is 4.90 Å². The Bertz CT molecular complexity index is 487. The molecule has 2 rings (SSSR count). The molecule has 6 heteroatoms. The van der Waals surface area contributed by atoms with Crippen molar-refractivity contribution in [2.24, 2.45) is 5.73 Å². The normalized spacial score (nSPS) is 16.3. The van der Waals surface area contributed by atoms with E-state index in [0.29, 0.717) is 12.6 Å². The van der Waals surface area contributed by atoms with Gasteiger partial charge in [-0.05, 0) is 66.0 Å². The average molecular weight is 375 g/mol. The van der Waals surface area contributed by atoms with Crippen molar-refractivity contribution in [3.63, 3.8) is 0 Å². The van der Waals surface area contributed by atoms with Crippen LogP contribution in [0.5, 0.6) is 11.5 Å². The molecule has 2 atom stereocenters. The van der Waals surface area contributed by atoms with E-state index >= 15 is 0 Å². The second-order valence-electron chi connectivity index (χ2n) is 5.28. The summed E-state index contributed by atoms with van der Waals surface area (Å²) in [5.74, 6) is 2.74. The molecule has 21 heavy (non-hydrogen) atoms. The Hall–Kier alpha value is -0.430. The third kappa shape index (κ3) is 3.86. The third-order valence-corrected chi connectivity index (χ3v) is 5.22. The lowest BCUT2D eigenvalue weighted by Crippen LogP contribution is -2.37. The standard InChI is InChI=1S/C15H23BrN2O2S/c1-10(4-5-21-3)18(2)13(8-17)11-6-12(16)15-14(7-11)19-9-20-15/h6-7,10,13H,4-5,8-9,17H2,1-3H3. The van der Waals surface area contributed by atoms with Gasteiger partial charge in [0.2, 0.25) is 6.79 Å².